The van der Waals surface area contributed by atoms with E-state index in [9.17, 15) is 13.2 Å². The zero-order valence-electron chi connectivity index (χ0n) is 20.5. The second-order valence-corrected chi connectivity index (χ2v) is 9.92. The van der Waals surface area contributed by atoms with Crippen LogP contribution < -0.4 is 19.1 Å². The van der Waals surface area contributed by atoms with E-state index in [0.717, 1.165) is 21.2 Å². The number of anilines is 1. The van der Waals surface area contributed by atoms with E-state index in [0.29, 0.717) is 24.5 Å². The van der Waals surface area contributed by atoms with Gasteiger partial charge in [0.1, 0.15) is 18.0 Å². The van der Waals surface area contributed by atoms with E-state index in [1.807, 2.05) is 45.0 Å². The summed E-state index contributed by atoms with van der Waals surface area (Å²) in [5.74, 6) is 0.942. The highest BCUT2D eigenvalue weighted by atomic mass is 32.2. The lowest BCUT2D eigenvalue weighted by Crippen LogP contribution is -2.42. The number of methoxy groups -OCH3 is 1. The summed E-state index contributed by atoms with van der Waals surface area (Å²) in [7, 11) is -2.40. The van der Waals surface area contributed by atoms with Gasteiger partial charge in [0.2, 0.25) is 5.91 Å². The van der Waals surface area contributed by atoms with E-state index >= 15 is 0 Å². The number of rotatable bonds is 11. The van der Waals surface area contributed by atoms with Crippen molar-refractivity contribution in [1.82, 2.24) is 5.32 Å². The molecule has 0 aliphatic carbocycles. The van der Waals surface area contributed by atoms with Crippen LogP contribution in [-0.2, 0) is 14.8 Å². The minimum absolute atomic E-state index is 0.118. The first-order chi connectivity index (χ1) is 16.8. The van der Waals surface area contributed by atoms with E-state index in [1.54, 1.807) is 55.6 Å². The van der Waals surface area contributed by atoms with Gasteiger partial charge in [-0.3, -0.25) is 9.10 Å². The third-order valence-electron chi connectivity index (χ3n) is 5.59. The molecule has 0 saturated carbocycles. The second-order valence-electron chi connectivity index (χ2n) is 8.05. The predicted molar refractivity (Wildman–Crippen MR) is 137 cm³/mol. The van der Waals surface area contributed by atoms with Crippen LogP contribution in [0, 0.1) is 6.92 Å². The van der Waals surface area contributed by atoms with Gasteiger partial charge in [0, 0.05) is 0 Å². The molecular weight excluding hydrogens is 464 g/mol. The normalized spacial score (nSPS) is 12.0. The van der Waals surface area contributed by atoms with Gasteiger partial charge in [0.15, 0.2) is 0 Å². The number of benzene rings is 3. The summed E-state index contributed by atoms with van der Waals surface area (Å²) in [6.45, 7) is 5.85. The molecule has 7 nitrogen and oxygen atoms in total. The number of aryl methyl sites for hydroxylation is 1. The average molecular weight is 497 g/mol. The Bertz CT molecular complexity index is 1210. The molecule has 3 aromatic rings. The standard InChI is InChI=1S/C27H32N2O5S/c1-5-26(21-9-13-23(33-4)14-10-21)28-27(30)19-29(22-11-15-24(16-12-22)34-6-2)35(31,32)25-17-7-20(3)8-18-25/h7-18,26H,5-6,19H2,1-4H3,(H,28,30)/t26-/m0/s1. The Hall–Kier alpha value is -3.52. The molecule has 0 heterocycles. The molecule has 1 N–H and O–H groups in total. The fourth-order valence-corrected chi connectivity index (χ4v) is 5.08. The first kappa shape index (κ1) is 26.1. The lowest BCUT2D eigenvalue weighted by Gasteiger charge is -2.26. The van der Waals surface area contributed by atoms with Crippen molar-refractivity contribution in [3.63, 3.8) is 0 Å². The highest BCUT2D eigenvalue weighted by Gasteiger charge is 2.28. The number of nitrogens with zero attached hydrogens (tertiary/aromatic N) is 1. The summed E-state index contributed by atoms with van der Waals surface area (Å²) < 4.78 is 39.0. The van der Waals surface area contributed by atoms with E-state index < -0.39 is 15.9 Å². The molecule has 0 fully saturated rings. The quantitative estimate of drug-likeness (QED) is 0.410. The molecule has 0 radical (unpaired) electrons. The third kappa shape index (κ3) is 6.54. The van der Waals surface area contributed by atoms with E-state index in [-0.39, 0.29) is 17.5 Å². The third-order valence-corrected chi connectivity index (χ3v) is 7.38. The van der Waals surface area contributed by atoms with E-state index in [4.69, 9.17) is 9.47 Å². The van der Waals surface area contributed by atoms with Gasteiger partial charge in [-0.05, 0) is 74.4 Å². The SMILES string of the molecule is CCOc1ccc(N(CC(=O)N[C@@H](CC)c2ccc(OC)cc2)S(=O)(=O)c2ccc(C)cc2)cc1. The summed E-state index contributed by atoms with van der Waals surface area (Å²) in [5, 5.41) is 2.97. The van der Waals surface area contributed by atoms with Crippen LogP contribution in [0.2, 0.25) is 0 Å². The highest BCUT2D eigenvalue weighted by Crippen LogP contribution is 2.27. The number of carbonyl (C=O) groups excluding carboxylic acids is 1. The topological polar surface area (TPSA) is 84.9 Å². The maximum absolute atomic E-state index is 13.6. The first-order valence-electron chi connectivity index (χ1n) is 11.5. The fourth-order valence-electron chi connectivity index (χ4n) is 3.66. The largest absolute Gasteiger partial charge is 0.497 e. The molecule has 0 aliphatic heterocycles. The number of amides is 1. The summed E-state index contributed by atoms with van der Waals surface area (Å²) >= 11 is 0. The van der Waals surface area contributed by atoms with Crippen molar-refractivity contribution in [2.75, 3.05) is 24.6 Å². The monoisotopic (exact) mass is 496 g/mol. The smallest absolute Gasteiger partial charge is 0.264 e. The first-order valence-corrected chi connectivity index (χ1v) is 13.0. The van der Waals surface area contributed by atoms with Gasteiger partial charge >= 0.3 is 0 Å². The molecular formula is C27H32N2O5S. The van der Waals surface area contributed by atoms with Crippen LogP contribution in [0.3, 0.4) is 0 Å². The lowest BCUT2D eigenvalue weighted by atomic mass is 10.0. The maximum Gasteiger partial charge on any atom is 0.264 e. The van der Waals surface area contributed by atoms with Crippen molar-refractivity contribution in [3.8, 4) is 11.5 Å². The minimum atomic E-state index is -3.99. The molecule has 0 spiro atoms. The minimum Gasteiger partial charge on any atom is -0.497 e. The lowest BCUT2D eigenvalue weighted by molar-refractivity contribution is -0.120. The Morgan fingerprint density at radius 3 is 2.06 bits per heavy atom. The molecule has 0 unspecified atom stereocenters. The van der Waals surface area contributed by atoms with Gasteiger partial charge in [0.25, 0.3) is 10.0 Å². The summed E-state index contributed by atoms with van der Waals surface area (Å²) in [6, 6.07) is 20.4. The van der Waals surface area contributed by atoms with Crippen LogP contribution >= 0.6 is 0 Å². The van der Waals surface area contributed by atoms with Gasteiger partial charge in [-0.1, -0.05) is 36.8 Å². The Balaban J connectivity index is 1.89. The van der Waals surface area contributed by atoms with Crippen molar-refractivity contribution in [2.24, 2.45) is 0 Å². The van der Waals surface area contributed by atoms with Crippen LogP contribution in [0.4, 0.5) is 5.69 Å². The van der Waals surface area contributed by atoms with Crippen LogP contribution in [-0.4, -0.2) is 34.6 Å². The second kappa shape index (κ2) is 11.8. The summed E-state index contributed by atoms with van der Waals surface area (Å²) in [6.07, 6.45) is 0.645. The van der Waals surface area contributed by atoms with Crippen molar-refractivity contribution < 1.29 is 22.7 Å². The predicted octanol–water partition coefficient (Wildman–Crippen LogP) is 4.87. The zero-order valence-corrected chi connectivity index (χ0v) is 21.3. The molecule has 3 aromatic carbocycles. The molecule has 0 bridgehead atoms. The fraction of sp³-hybridized carbons (Fsp3) is 0.296. The van der Waals surface area contributed by atoms with E-state index in [1.165, 1.54) is 0 Å². The zero-order chi connectivity index (χ0) is 25.4. The van der Waals surface area contributed by atoms with Gasteiger partial charge in [-0.25, -0.2) is 8.42 Å². The number of ether oxygens (including phenoxy) is 2. The van der Waals surface area contributed by atoms with Gasteiger partial charge in [-0.15, -0.1) is 0 Å². The molecule has 0 aromatic heterocycles. The van der Waals surface area contributed by atoms with Gasteiger partial charge in [0.05, 0.1) is 30.3 Å². The van der Waals surface area contributed by atoms with Crippen LogP contribution in [0.25, 0.3) is 0 Å². The number of nitrogens with one attached hydrogen (secondary N) is 1. The molecule has 35 heavy (non-hydrogen) atoms. The highest BCUT2D eigenvalue weighted by molar-refractivity contribution is 7.92. The van der Waals surface area contributed by atoms with Crippen LogP contribution in [0.15, 0.2) is 77.7 Å². The van der Waals surface area contributed by atoms with Crippen molar-refractivity contribution >= 4 is 21.6 Å². The number of hydrogen-bond acceptors (Lipinski definition) is 5. The van der Waals surface area contributed by atoms with E-state index in [2.05, 4.69) is 5.32 Å². The molecule has 1 atom stereocenters. The van der Waals surface area contributed by atoms with Crippen LogP contribution in [0.5, 0.6) is 11.5 Å². The van der Waals surface area contributed by atoms with Crippen molar-refractivity contribution in [2.45, 2.75) is 38.1 Å². The molecule has 186 valence electrons. The Morgan fingerprint density at radius 1 is 0.914 bits per heavy atom. The maximum atomic E-state index is 13.6. The molecule has 1 amide bonds. The summed E-state index contributed by atoms with van der Waals surface area (Å²) in [4.78, 5) is 13.2. The number of carbonyl (C=O) groups is 1. The average Bonchev–Trinajstić information content (AvgIpc) is 2.87. The number of hydrogen-bond donors (Lipinski definition) is 1. The number of sulfonamides is 1. The Morgan fingerprint density at radius 2 is 1.51 bits per heavy atom. The molecule has 0 saturated heterocycles. The Kier molecular flexibility index (Phi) is 8.76. The van der Waals surface area contributed by atoms with Crippen LogP contribution in [0.1, 0.15) is 37.4 Å². The van der Waals surface area contributed by atoms with Gasteiger partial charge in [-0.2, -0.15) is 0 Å². The Labute approximate surface area is 207 Å². The van der Waals surface area contributed by atoms with Crippen molar-refractivity contribution in [1.29, 1.82) is 0 Å². The van der Waals surface area contributed by atoms with Gasteiger partial charge < -0.3 is 14.8 Å². The molecule has 8 heteroatoms. The summed E-state index contributed by atoms with van der Waals surface area (Å²) in [5.41, 5.74) is 2.23. The molecule has 0 aliphatic rings. The molecule has 3 rings (SSSR count). The van der Waals surface area contributed by atoms with Crippen molar-refractivity contribution in [3.05, 3.63) is 83.9 Å².